The van der Waals surface area contributed by atoms with Crippen molar-refractivity contribution in [3.8, 4) is 56.3 Å². The second kappa shape index (κ2) is 13.3. The number of benzene rings is 7. The van der Waals surface area contributed by atoms with E-state index in [1.165, 1.54) is 10.8 Å². The Bertz CT molecular complexity index is 3530. The number of aromatic amines is 1. The maximum atomic E-state index is 5.57. The van der Waals surface area contributed by atoms with Gasteiger partial charge in [-0.2, -0.15) is 0 Å². The zero-order valence-electron chi connectivity index (χ0n) is 31.8. The van der Waals surface area contributed by atoms with E-state index in [4.69, 9.17) is 9.97 Å². The van der Waals surface area contributed by atoms with Crippen LogP contribution in [0.25, 0.3) is 111 Å². The standard InChI is InChI=1S/C53H34N6/c1-3-13-34(14-4-1)44-33-49-45(32-43(44)35-26-29-54-30-27-35)40-25-24-36(31-48(40)59(49)50-23-9-10-28-55-50)38-18-12-22-47-52(38)57-53(58(47)37-15-5-2-6-16-37)42-20-11-19-41-39-17-7-8-21-46(39)56-51(41)42/h1-33,56H. The van der Waals surface area contributed by atoms with Gasteiger partial charge in [0, 0.05) is 62.5 Å². The van der Waals surface area contributed by atoms with Crippen LogP contribution in [0.2, 0.25) is 0 Å². The molecule has 0 saturated carbocycles. The molecule has 12 rings (SSSR count). The van der Waals surface area contributed by atoms with Gasteiger partial charge in [0.15, 0.2) is 0 Å². The van der Waals surface area contributed by atoms with Gasteiger partial charge in [-0.3, -0.25) is 14.1 Å². The van der Waals surface area contributed by atoms with Crippen LogP contribution in [-0.2, 0) is 0 Å². The van der Waals surface area contributed by atoms with Gasteiger partial charge in [0.1, 0.15) is 11.6 Å². The molecule has 0 aliphatic heterocycles. The molecular weight excluding hydrogens is 721 g/mol. The smallest absolute Gasteiger partial charge is 0.147 e. The SMILES string of the molecule is c1ccc(-c2cc3c(cc2-c2ccncc2)c2ccc(-c4cccc5c4nc(-c4cccc6c4[nH]c4ccccc46)n5-c4ccccc4)cc2n3-c2ccccn2)cc1. The third kappa shape index (κ3) is 5.24. The maximum absolute atomic E-state index is 5.57. The molecular formula is C53H34N6. The Labute approximate surface area is 339 Å². The van der Waals surface area contributed by atoms with Gasteiger partial charge in [-0.25, -0.2) is 9.97 Å². The van der Waals surface area contributed by atoms with Crippen LogP contribution < -0.4 is 0 Å². The summed E-state index contributed by atoms with van der Waals surface area (Å²) >= 11 is 0. The Morgan fingerprint density at radius 1 is 0.407 bits per heavy atom. The summed E-state index contributed by atoms with van der Waals surface area (Å²) in [7, 11) is 0. The molecule has 0 unspecified atom stereocenters. The van der Waals surface area contributed by atoms with Crippen LogP contribution in [0.15, 0.2) is 201 Å². The fourth-order valence-corrected chi connectivity index (χ4v) is 9.00. The molecule has 0 atom stereocenters. The lowest BCUT2D eigenvalue weighted by Gasteiger charge is -2.13. The van der Waals surface area contributed by atoms with Crippen molar-refractivity contribution in [3.05, 3.63) is 201 Å². The van der Waals surface area contributed by atoms with Crippen molar-refractivity contribution in [2.24, 2.45) is 0 Å². The predicted molar refractivity (Wildman–Crippen MR) is 242 cm³/mol. The number of fused-ring (bicyclic) bond motifs is 7. The van der Waals surface area contributed by atoms with Gasteiger partial charge in [0.2, 0.25) is 0 Å². The Balaban J connectivity index is 1.13. The topological polar surface area (TPSA) is 64.3 Å². The Morgan fingerprint density at radius 2 is 1.12 bits per heavy atom. The number of rotatable bonds is 6. The quantitative estimate of drug-likeness (QED) is 0.184. The number of pyridine rings is 2. The average Bonchev–Trinajstić information content (AvgIpc) is 3.99. The number of H-pyrrole nitrogens is 1. The monoisotopic (exact) mass is 754 g/mol. The van der Waals surface area contributed by atoms with Gasteiger partial charge in [-0.15, -0.1) is 0 Å². The highest BCUT2D eigenvalue weighted by atomic mass is 15.1. The largest absolute Gasteiger partial charge is 0.354 e. The lowest BCUT2D eigenvalue weighted by molar-refractivity contribution is 1.08. The van der Waals surface area contributed by atoms with Crippen molar-refractivity contribution >= 4 is 54.6 Å². The van der Waals surface area contributed by atoms with Crippen molar-refractivity contribution in [1.29, 1.82) is 0 Å². The summed E-state index contributed by atoms with van der Waals surface area (Å²) in [5.74, 6) is 1.75. The summed E-state index contributed by atoms with van der Waals surface area (Å²) in [6.07, 6.45) is 5.60. The first kappa shape index (κ1) is 33.1. The minimum Gasteiger partial charge on any atom is -0.354 e. The van der Waals surface area contributed by atoms with Gasteiger partial charge >= 0.3 is 0 Å². The summed E-state index contributed by atoms with van der Waals surface area (Å²) in [6, 6.07) is 64.5. The van der Waals surface area contributed by atoms with E-state index in [1.807, 2.05) is 24.7 Å². The molecule has 5 aromatic heterocycles. The maximum Gasteiger partial charge on any atom is 0.147 e. The van der Waals surface area contributed by atoms with E-state index in [-0.39, 0.29) is 0 Å². The molecule has 59 heavy (non-hydrogen) atoms. The van der Waals surface area contributed by atoms with Crippen LogP contribution in [0.3, 0.4) is 0 Å². The Hall–Kier alpha value is -8.09. The zero-order chi connectivity index (χ0) is 38.9. The number of hydrogen-bond acceptors (Lipinski definition) is 3. The van der Waals surface area contributed by atoms with Crippen molar-refractivity contribution in [1.82, 2.24) is 29.1 Å². The van der Waals surface area contributed by atoms with Crippen molar-refractivity contribution < 1.29 is 0 Å². The highest BCUT2D eigenvalue weighted by Gasteiger charge is 2.22. The van der Waals surface area contributed by atoms with E-state index >= 15 is 0 Å². The number of nitrogens with zero attached hydrogens (tertiary/aromatic N) is 5. The van der Waals surface area contributed by atoms with Crippen molar-refractivity contribution in [2.45, 2.75) is 0 Å². The Morgan fingerprint density at radius 3 is 1.97 bits per heavy atom. The van der Waals surface area contributed by atoms with Crippen molar-refractivity contribution in [3.63, 3.8) is 0 Å². The summed E-state index contributed by atoms with van der Waals surface area (Å²) < 4.78 is 4.61. The third-order valence-electron chi connectivity index (χ3n) is 11.7. The first-order valence-corrected chi connectivity index (χ1v) is 19.8. The lowest BCUT2D eigenvalue weighted by atomic mass is 9.93. The molecule has 5 heterocycles. The summed E-state index contributed by atoms with van der Waals surface area (Å²) in [4.78, 5) is 18.5. The zero-order valence-corrected chi connectivity index (χ0v) is 31.8. The first-order valence-electron chi connectivity index (χ1n) is 19.8. The van der Waals surface area contributed by atoms with Gasteiger partial charge in [0.05, 0.1) is 27.6 Å². The van der Waals surface area contributed by atoms with E-state index in [2.05, 4.69) is 195 Å². The van der Waals surface area contributed by atoms with Gasteiger partial charge in [-0.05, 0) is 101 Å². The molecule has 12 aromatic rings. The predicted octanol–water partition coefficient (Wildman–Crippen LogP) is 13.2. The average molecular weight is 755 g/mol. The summed E-state index contributed by atoms with van der Waals surface area (Å²) in [5, 5.41) is 4.69. The van der Waals surface area contributed by atoms with Crippen LogP contribution in [0.5, 0.6) is 0 Å². The van der Waals surface area contributed by atoms with E-state index < -0.39 is 0 Å². The number of hydrogen-bond donors (Lipinski definition) is 1. The van der Waals surface area contributed by atoms with E-state index in [0.717, 1.165) is 100 Å². The van der Waals surface area contributed by atoms with Crippen LogP contribution in [0, 0.1) is 0 Å². The molecule has 0 amide bonds. The van der Waals surface area contributed by atoms with E-state index in [0.29, 0.717) is 0 Å². The van der Waals surface area contributed by atoms with Crippen LogP contribution in [-0.4, -0.2) is 29.1 Å². The molecule has 0 spiro atoms. The van der Waals surface area contributed by atoms with Crippen LogP contribution in [0.4, 0.5) is 0 Å². The summed E-state index contributed by atoms with van der Waals surface area (Å²) in [5.41, 5.74) is 15.1. The lowest BCUT2D eigenvalue weighted by Crippen LogP contribution is -1.98. The number of nitrogens with one attached hydrogen (secondary N) is 1. The van der Waals surface area contributed by atoms with Crippen LogP contribution in [0.1, 0.15) is 0 Å². The molecule has 7 aromatic carbocycles. The molecule has 6 nitrogen and oxygen atoms in total. The van der Waals surface area contributed by atoms with Crippen molar-refractivity contribution in [2.75, 3.05) is 0 Å². The molecule has 0 aliphatic carbocycles. The molecule has 1 N–H and O–H groups in total. The van der Waals surface area contributed by atoms with E-state index in [1.54, 1.807) is 0 Å². The van der Waals surface area contributed by atoms with Gasteiger partial charge in [-0.1, -0.05) is 109 Å². The number of aromatic nitrogens is 6. The number of para-hydroxylation sites is 4. The second-order valence-corrected chi connectivity index (χ2v) is 15.0. The molecule has 0 radical (unpaired) electrons. The molecule has 0 aliphatic rings. The minimum absolute atomic E-state index is 0.862. The van der Waals surface area contributed by atoms with Gasteiger partial charge in [0.25, 0.3) is 0 Å². The Kier molecular flexibility index (Phi) is 7.43. The number of imidazole rings is 1. The van der Waals surface area contributed by atoms with Crippen LogP contribution >= 0.6 is 0 Å². The molecule has 0 bridgehead atoms. The normalized spacial score (nSPS) is 11.7. The fourth-order valence-electron chi connectivity index (χ4n) is 9.00. The second-order valence-electron chi connectivity index (χ2n) is 15.0. The summed E-state index contributed by atoms with van der Waals surface area (Å²) in [6.45, 7) is 0. The fraction of sp³-hybridized carbons (Fsp3) is 0. The molecule has 276 valence electrons. The minimum atomic E-state index is 0.862. The highest BCUT2D eigenvalue weighted by Crippen LogP contribution is 2.43. The molecule has 6 heteroatoms. The van der Waals surface area contributed by atoms with Gasteiger partial charge < -0.3 is 4.98 Å². The highest BCUT2D eigenvalue weighted by molar-refractivity contribution is 6.14. The molecule has 0 saturated heterocycles. The third-order valence-corrected chi connectivity index (χ3v) is 11.7. The first-order chi connectivity index (χ1) is 29.3. The molecule has 0 fully saturated rings. The van der Waals surface area contributed by atoms with E-state index in [9.17, 15) is 0 Å².